The third kappa shape index (κ3) is 4.65. The molecule has 1 aromatic heterocycles. The number of nitrogens with zero attached hydrogens (tertiary/aromatic N) is 4. The summed E-state index contributed by atoms with van der Waals surface area (Å²) in [5.41, 5.74) is 4.50. The first kappa shape index (κ1) is 19.2. The van der Waals surface area contributed by atoms with E-state index in [-0.39, 0.29) is 5.41 Å². The Balaban J connectivity index is 1.48. The Bertz CT molecular complexity index is 956. The van der Waals surface area contributed by atoms with Gasteiger partial charge >= 0.3 is 0 Å². The Labute approximate surface area is 172 Å². The van der Waals surface area contributed by atoms with Gasteiger partial charge in [0, 0.05) is 30.2 Å². The zero-order chi connectivity index (χ0) is 20.3. The number of benzene rings is 2. The van der Waals surface area contributed by atoms with Crippen LogP contribution in [0.1, 0.15) is 39.2 Å². The first-order valence-electron chi connectivity index (χ1n) is 10.2. The molecule has 0 aliphatic carbocycles. The van der Waals surface area contributed by atoms with Gasteiger partial charge in [-0.05, 0) is 54.2 Å². The van der Waals surface area contributed by atoms with Gasteiger partial charge < -0.3 is 15.5 Å². The average Bonchev–Trinajstić information content (AvgIpc) is 3.23. The maximum Gasteiger partial charge on any atom is 0.249 e. The number of aromatic nitrogens is 3. The average molecular weight is 389 g/mol. The molecule has 2 N–H and O–H groups in total. The molecule has 0 atom stereocenters. The first-order valence-corrected chi connectivity index (χ1v) is 10.2. The van der Waals surface area contributed by atoms with E-state index in [9.17, 15) is 0 Å². The quantitative estimate of drug-likeness (QED) is 0.622. The van der Waals surface area contributed by atoms with Crippen LogP contribution in [0, 0.1) is 0 Å². The van der Waals surface area contributed by atoms with Gasteiger partial charge in [-0.1, -0.05) is 39.0 Å². The van der Waals surface area contributed by atoms with Crippen LogP contribution in [0.4, 0.5) is 28.8 Å². The molecule has 0 unspecified atom stereocenters. The first-order chi connectivity index (χ1) is 14.0. The van der Waals surface area contributed by atoms with E-state index < -0.39 is 0 Å². The highest BCUT2D eigenvalue weighted by atomic mass is 15.3. The lowest BCUT2D eigenvalue weighted by molar-refractivity contribution is 0.592. The normalized spacial score (nSPS) is 14.1. The van der Waals surface area contributed by atoms with Gasteiger partial charge in [-0.3, -0.25) is 0 Å². The molecular formula is C23H28N6. The third-order valence-corrected chi connectivity index (χ3v) is 5.15. The number of hydrogen-bond acceptors (Lipinski definition) is 6. The largest absolute Gasteiger partial charge is 0.372 e. The summed E-state index contributed by atoms with van der Waals surface area (Å²) in [6, 6.07) is 16.7. The minimum atomic E-state index is 0.0300. The van der Waals surface area contributed by atoms with Crippen LogP contribution < -0.4 is 15.5 Å². The maximum absolute atomic E-state index is 4.58. The van der Waals surface area contributed by atoms with Crippen LogP contribution in [0.3, 0.4) is 0 Å². The number of rotatable bonds is 5. The lowest BCUT2D eigenvalue weighted by Crippen LogP contribution is -2.17. The van der Waals surface area contributed by atoms with Crippen molar-refractivity contribution in [3.63, 3.8) is 0 Å². The second-order valence-corrected chi connectivity index (χ2v) is 8.45. The molecule has 150 valence electrons. The Morgan fingerprint density at radius 2 is 1.62 bits per heavy atom. The van der Waals surface area contributed by atoms with Gasteiger partial charge in [-0.2, -0.15) is 10.1 Å². The lowest BCUT2D eigenvalue weighted by atomic mass is 9.86. The molecular weight excluding hydrogens is 360 g/mol. The van der Waals surface area contributed by atoms with Crippen molar-refractivity contribution in [2.24, 2.45) is 0 Å². The van der Waals surface area contributed by atoms with Crippen LogP contribution >= 0.6 is 0 Å². The van der Waals surface area contributed by atoms with Crippen molar-refractivity contribution in [2.75, 3.05) is 28.6 Å². The van der Waals surface area contributed by atoms with Crippen molar-refractivity contribution in [1.29, 1.82) is 0 Å². The Morgan fingerprint density at radius 1 is 0.897 bits per heavy atom. The summed E-state index contributed by atoms with van der Waals surface area (Å²) in [6.07, 6.45) is 4.19. The Hall–Kier alpha value is -3.15. The molecule has 1 aliphatic heterocycles. The van der Waals surface area contributed by atoms with Crippen LogP contribution in [0.2, 0.25) is 0 Å². The fraction of sp³-hybridized carbons (Fsp3) is 0.348. The molecule has 2 aromatic carbocycles. The zero-order valence-corrected chi connectivity index (χ0v) is 17.3. The summed E-state index contributed by atoms with van der Waals surface area (Å²) in [5, 5.41) is 14.9. The molecule has 6 nitrogen and oxygen atoms in total. The van der Waals surface area contributed by atoms with E-state index in [4.69, 9.17) is 0 Å². The van der Waals surface area contributed by atoms with Crippen molar-refractivity contribution in [3.8, 4) is 0 Å². The summed E-state index contributed by atoms with van der Waals surface area (Å²) in [5.74, 6) is 1.13. The molecule has 6 heteroatoms. The van der Waals surface area contributed by atoms with E-state index >= 15 is 0 Å². The van der Waals surface area contributed by atoms with Crippen molar-refractivity contribution in [1.82, 2.24) is 15.2 Å². The smallest absolute Gasteiger partial charge is 0.249 e. The minimum Gasteiger partial charge on any atom is -0.372 e. The van der Waals surface area contributed by atoms with Gasteiger partial charge in [0.25, 0.3) is 0 Å². The third-order valence-electron chi connectivity index (χ3n) is 5.15. The molecule has 0 spiro atoms. The molecule has 0 radical (unpaired) electrons. The maximum atomic E-state index is 4.58. The molecule has 1 aliphatic rings. The van der Waals surface area contributed by atoms with Gasteiger partial charge in [0.05, 0.1) is 6.20 Å². The molecule has 3 aromatic rings. The van der Waals surface area contributed by atoms with E-state index in [1.807, 2.05) is 6.07 Å². The highest BCUT2D eigenvalue weighted by Crippen LogP contribution is 2.31. The van der Waals surface area contributed by atoms with Gasteiger partial charge in [0.1, 0.15) is 0 Å². The molecule has 29 heavy (non-hydrogen) atoms. The summed E-state index contributed by atoms with van der Waals surface area (Å²) in [4.78, 5) is 7.00. The zero-order valence-electron chi connectivity index (χ0n) is 17.3. The van der Waals surface area contributed by atoms with E-state index in [0.717, 1.165) is 24.5 Å². The second-order valence-electron chi connectivity index (χ2n) is 8.45. The van der Waals surface area contributed by atoms with Crippen LogP contribution in [-0.4, -0.2) is 28.3 Å². The number of anilines is 5. The van der Waals surface area contributed by atoms with Crippen molar-refractivity contribution >= 4 is 28.8 Å². The van der Waals surface area contributed by atoms with Crippen molar-refractivity contribution in [2.45, 2.75) is 39.0 Å². The van der Waals surface area contributed by atoms with Crippen LogP contribution in [0.15, 0.2) is 54.7 Å². The predicted molar refractivity (Wildman–Crippen MR) is 119 cm³/mol. The van der Waals surface area contributed by atoms with Gasteiger partial charge in [0.15, 0.2) is 5.82 Å². The number of nitrogens with one attached hydrogen (secondary N) is 2. The summed E-state index contributed by atoms with van der Waals surface area (Å²) >= 11 is 0. The van der Waals surface area contributed by atoms with Crippen molar-refractivity contribution < 1.29 is 0 Å². The number of para-hydroxylation sites is 1. The lowest BCUT2D eigenvalue weighted by Gasteiger charge is -2.23. The van der Waals surface area contributed by atoms with Crippen LogP contribution in [0.25, 0.3) is 0 Å². The molecule has 2 heterocycles. The van der Waals surface area contributed by atoms with Gasteiger partial charge in [-0.25, -0.2) is 0 Å². The van der Waals surface area contributed by atoms with Gasteiger partial charge in [-0.15, -0.1) is 5.10 Å². The second kappa shape index (κ2) is 8.07. The van der Waals surface area contributed by atoms with Crippen LogP contribution in [-0.2, 0) is 5.41 Å². The van der Waals surface area contributed by atoms with E-state index in [1.54, 1.807) is 6.20 Å². The fourth-order valence-corrected chi connectivity index (χ4v) is 3.66. The minimum absolute atomic E-state index is 0.0300. The monoisotopic (exact) mass is 388 g/mol. The fourth-order valence-electron chi connectivity index (χ4n) is 3.66. The summed E-state index contributed by atoms with van der Waals surface area (Å²) in [6.45, 7) is 8.88. The molecule has 4 rings (SSSR count). The molecule has 0 saturated carbocycles. The summed E-state index contributed by atoms with van der Waals surface area (Å²) in [7, 11) is 0. The van der Waals surface area contributed by atoms with Gasteiger partial charge in [0.2, 0.25) is 5.95 Å². The standard InChI is InChI=1S/C23H28N6/c1-23(2,3)19-8-4-5-9-20(19)26-21-16-24-28-22(27-21)25-17-10-12-18(13-11-17)29-14-6-7-15-29/h4-5,8-13,16H,6-7,14-15H2,1-3H3,(H2,25,26,27,28). The molecule has 1 fully saturated rings. The van der Waals surface area contributed by atoms with E-state index in [2.05, 4.69) is 94.0 Å². The summed E-state index contributed by atoms with van der Waals surface area (Å²) < 4.78 is 0. The Kier molecular flexibility index (Phi) is 5.34. The number of hydrogen-bond donors (Lipinski definition) is 2. The SMILES string of the molecule is CC(C)(C)c1ccccc1Nc1cnnc(Nc2ccc(N3CCCC3)cc2)n1. The molecule has 0 bridgehead atoms. The Morgan fingerprint density at radius 3 is 2.34 bits per heavy atom. The highest BCUT2D eigenvalue weighted by molar-refractivity contribution is 5.64. The predicted octanol–water partition coefficient (Wildman–Crippen LogP) is 5.26. The van der Waals surface area contributed by atoms with E-state index in [1.165, 1.54) is 24.1 Å². The highest BCUT2D eigenvalue weighted by Gasteiger charge is 2.18. The topological polar surface area (TPSA) is 66.0 Å². The molecule has 0 amide bonds. The molecule has 1 saturated heterocycles. The van der Waals surface area contributed by atoms with Crippen LogP contribution in [0.5, 0.6) is 0 Å². The van der Waals surface area contributed by atoms with Crippen molar-refractivity contribution in [3.05, 3.63) is 60.3 Å². The van der Waals surface area contributed by atoms with E-state index in [0.29, 0.717) is 11.8 Å².